The van der Waals surface area contributed by atoms with Gasteiger partial charge >= 0.3 is 0 Å². The number of benzene rings is 2. The Morgan fingerprint density at radius 2 is 1.63 bits per heavy atom. The van der Waals surface area contributed by atoms with E-state index in [2.05, 4.69) is 67.6 Å². The minimum absolute atomic E-state index is 0.0575. The number of fused-ring (bicyclic) bond motifs is 4. The van der Waals surface area contributed by atoms with E-state index in [0.717, 1.165) is 75.3 Å². The fraction of sp³-hybridized carbons (Fsp3) is 0.304. The summed E-state index contributed by atoms with van der Waals surface area (Å²) in [6.07, 6.45) is 11.7. The Kier molecular flexibility index (Phi) is 9.32. The van der Waals surface area contributed by atoms with Gasteiger partial charge in [-0.2, -0.15) is 0 Å². The number of amides is 3. The van der Waals surface area contributed by atoms with Crippen LogP contribution in [0.5, 0.6) is 11.6 Å². The highest BCUT2D eigenvalue weighted by molar-refractivity contribution is 6.23. The molecule has 0 bridgehead atoms. The Morgan fingerprint density at radius 1 is 0.797 bits per heavy atom. The first-order chi connectivity index (χ1) is 28.8. The summed E-state index contributed by atoms with van der Waals surface area (Å²) in [5, 5.41) is 5.01. The zero-order valence-electron chi connectivity index (χ0n) is 32.7. The molecule has 3 fully saturated rings. The van der Waals surface area contributed by atoms with Gasteiger partial charge in [-0.05, 0) is 79.8 Å². The van der Waals surface area contributed by atoms with Crippen molar-refractivity contribution in [3.05, 3.63) is 121 Å². The fourth-order valence-corrected chi connectivity index (χ4v) is 8.55. The average Bonchev–Trinajstić information content (AvgIpc) is 3.64. The highest BCUT2D eigenvalue weighted by Gasteiger charge is 2.44. The zero-order chi connectivity index (χ0) is 40.2. The number of hydrogen-bond donors (Lipinski definition) is 1. The van der Waals surface area contributed by atoms with Crippen molar-refractivity contribution in [3.63, 3.8) is 0 Å². The second-order valence-electron chi connectivity index (χ2n) is 15.9. The molecule has 4 aromatic heterocycles. The fourth-order valence-electron chi connectivity index (χ4n) is 8.55. The van der Waals surface area contributed by atoms with E-state index in [9.17, 15) is 14.4 Å². The number of pyridine rings is 3. The van der Waals surface area contributed by atoms with Crippen LogP contribution in [0.2, 0.25) is 0 Å². The molecule has 298 valence electrons. The predicted molar refractivity (Wildman–Crippen MR) is 221 cm³/mol. The third-order valence-corrected chi connectivity index (χ3v) is 12.0. The lowest BCUT2D eigenvalue weighted by atomic mass is 9.92. The molecule has 3 aliphatic heterocycles. The SMILES string of the molecule is C=C1CCC(N2C(=O)c3ccc(N4CC(OCCCc5ccc(OC6CC(Oc7ccc(-c8ccc9c%10cnccc%10n(C)c9c8)cn7)C6)cn5)C4)cc3C2=O)C(=O)N1. The Balaban J connectivity index is 0.633. The van der Waals surface area contributed by atoms with Crippen molar-refractivity contribution in [3.8, 4) is 22.8 Å². The molecule has 13 nitrogen and oxygen atoms in total. The monoisotopic (exact) mass is 789 g/mol. The molecule has 13 heteroatoms. The van der Waals surface area contributed by atoms with Crippen LogP contribution in [0.1, 0.15) is 58.5 Å². The van der Waals surface area contributed by atoms with Gasteiger partial charge in [0.25, 0.3) is 11.8 Å². The molecule has 6 aromatic rings. The Labute approximate surface area is 340 Å². The molecule has 3 amide bonds. The van der Waals surface area contributed by atoms with Gasteiger partial charge in [0.15, 0.2) is 0 Å². The molecule has 1 unspecified atom stereocenters. The number of anilines is 1. The van der Waals surface area contributed by atoms with Crippen LogP contribution in [0.4, 0.5) is 5.69 Å². The maximum atomic E-state index is 13.2. The number of nitrogens with one attached hydrogen (secondary N) is 1. The number of hydrogen-bond acceptors (Lipinski definition) is 10. The lowest BCUT2D eigenvalue weighted by Crippen LogP contribution is -2.52. The van der Waals surface area contributed by atoms with E-state index >= 15 is 0 Å². The number of aryl methyl sites for hydroxylation is 2. The lowest BCUT2D eigenvalue weighted by Gasteiger charge is -2.40. The molecule has 10 rings (SSSR count). The number of carbonyl (C=O) groups is 3. The third kappa shape index (κ3) is 6.94. The zero-order valence-corrected chi connectivity index (χ0v) is 32.7. The molecular formula is C46H43N7O6. The van der Waals surface area contributed by atoms with Crippen molar-refractivity contribution in [2.75, 3.05) is 24.6 Å². The van der Waals surface area contributed by atoms with Gasteiger partial charge in [0, 0.05) is 103 Å². The van der Waals surface area contributed by atoms with E-state index in [-0.39, 0.29) is 24.2 Å². The molecule has 2 saturated heterocycles. The van der Waals surface area contributed by atoms with Crippen molar-refractivity contribution in [1.29, 1.82) is 0 Å². The highest BCUT2D eigenvalue weighted by Crippen LogP contribution is 2.35. The van der Waals surface area contributed by atoms with Gasteiger partial charge in [-0.25, -0.2) is 4.98 Å². The number of aromatic nitrogens is 4. The number of imide groups is 1. The van der Waals surface area contributed by atoms with Gasteiger partial charge in [-0.3, -0.25) is 29.3 Å². The predicted octanol–water partition coefficient (Wildman–Crippen LogP) is 6.40. The average molecular weight is 790 g/mol. The van der Waals surface area contributed by atoms with Crippen molar-refractivity contribution < 1.29 is 28.6 Å². The first kappa shape index (κ1) is 36.7. The van der Waals surface area contributed by atoms with Crippen LogP contribution in [0.3, 0.4) is 0 Å². The minimum atomic E-state index is -0.820. The van der Waals surface area contributed by atoms with Gasteiger partial charge in [0.1, 0.15) is 24.0 Å². The van der Waals surface area contributed by atoms with E-state index in [4.69, 9.17) is 14.2 Å². The van der Waals surface area contributed by atoms with E-state index in [1.807, 2.05) is 48.9 Å². The van der Waals surface area contributed by atoms with Crippen molar-refractivity contribution in [1.82, 2.24) is 29.7 Å². The molecule has 1 saturated carbocycles. The summed E-state index contributed by atoms with van der Waals surface area (Å²) in [5.41, 5.74) is 7.57. The lowest BCUT2D eigenvalue weighted by molar-refractivity contribution is -0.125. The molecule has 2 aromatic carbocycles. The molecule has 59 heavy (non-hydrogen) atoms. The second-order valence-corrected chi connectivity index (χ2v) is 15.9. The molecule has 0 radical (unpaired) electrons. The highest BCUT2D eigenvalue weighted by atomic mass is 16.5. The molecular weight excluding hydrogens is 747 g/mol. The van der Waals surface area contributed by atoms with Crippen LogP contribution in [0.25, 0.3) is 32.9 Å². The van der Waals surface area contributed by atoms with Crippen LogP contribution >= 0.6 is 0 Å². The van der Waals surface area contributed by atoms with E-state index in [1.54, 1.807) is 18.3 Å². The van der Waals surface area contributed by atoms with Crippen molar-refractivity contribution in [2.24, 2.45) is 7.05 Å². The van der Waals surface area contributed by atoms with Crippen LogP contribution in [0, 0.1) is 0 Å². The van der Waals surface area contributed by atoms with Crippen LogP contribution in [-0.4, -0.2) is 86.2 Å². The summed E-state index contributed by atoms with van der Waals surface area (Å²) >= 11 is 0. The number of rotatable bonds is 12. The minimum Gasteiger partial charge on any atom is -0.489 e. The smallest absolute Gasteiger partial charge is 0.262 e. The summed E-state index contributed by atoms with van der Waals surface area (Å²) in [5.74, 6) is 0.144. The summed E-state index contributed by atoms with van der Waals surface area (Å²) in [6.45, 7) is 5.79. The maximum Gasteiger partial charge on any atom is 0.262 e. The van der Waals surface area contributed by atoms with Gasteiger partial charge in [0.2, 0.25) is 11.8 Å². The van der Waals surface area contributed by atoms with Gasteiger partial charge in [-0.1, -0.05) is 18.7 Å². The summed E-state index contributed by atoms with van der Waals surface area (Å²) < 4.78 is 20.6. The van der Waals surface area contributed by atoms with Crippen LogP contribution in [-0.2, 0) is 23.0 Å². The largest absolute Gasteiger partial charge is 0.489 e. The number of allylic oxidation sites excluding steroid dienone is 1. The molecule has 1 atom stereocenters. The molecule has 4 aliphatic rings. The van der Waals surface area contributed by atoms with Crippen LogP contribution < -0.4 is 19.7 Å². The Morgan fingerprint density at radius 3 is 2.42 bits per heavy atom. The second kappa shape index (κ2) is 15.0. The molecule has 1 aliphatic carbocycles. The number of ether oxygens (including phenoxy) is 3. The maximum absolute atomic E-state index is 13.2. The first-order valence-electron chi connectivity index (χ1n) is 20.2. The topological polar surface area (TPSA) is 141 Å². The van der Waals surface area contributed by atoms with E-state index in [1.165, 1.54) is 5.39 Å². The number of piperidine rings is 1. The summed E-state index contributed by atoms with van der Waals surface area (Å²) in [6, 6.07) is 21.0. The molecule has 1 N–H and O–H groups in total. The summed E-state index contributed by atoms with van der Waals surface area (Å²) in [4.78, 5) is 55.6. The van der Waals surface area contributed by atoms with Crippen molar-refractivity contribution in [2.45, 2.75) is 62.9 Å². The normalized spacial score (nSPS) is 20.5. The Hall–Kier alpha value is -6.60. The van der Waals surface area contributed by atoms with Crippen LogP contribution in [0.15, 0.2) is 104 Å². The number of carbonyl (C=O) groups excluding carboxylic acids is 3. The van der Waals surface area contributed by atoms with Gasteiger partial charge < -0.3 is 29.0 Å². The van der Waals surface area contributed by atoms with E-state index in [0.29, 0.717) is 55.2 Å². The summed E-state index contributed by atoms with van der Waals surface area (Å²) in [7, 11) is 2.08. The molecule has 0 spiro atoms. The standard InChI is InChI=1S/C46H43N7O6/c1-27-5-13-41(44(54)50-27)53-45(55)37-12-9-31(19-38(37)46(53)56)52-25-35(26-52)57-17-3-4-30-8-10-32(23-48-30)58-33-20-34(21-33)59-43-14-7-29(22-49-43)28-6-11-36-39-24-47-16-15-40(39)51(2)42(36)18-28/h6-12,14-16,18-19,22-24,33-35,41H,1,3-5,13,17,20-21,25-26H2,2H3,(H,50,54). The third-order valence-electron chi connectivity index (χ3n) is 12.0. The Bertz CT molecular complexity index is 2630. The first-order valence-corrected chi connectivity index (χ1v) is 20.2. The van der Waals surface area contributed by atoms with Gasteiger partial charge in [0.05, 0.1) is 28.9 Å². The van der Waals surface area contributed by atoms with Crippen molar-refractivity contribution >= 4 is 45.2 Å². The van der Waals surface area contributed by atoms with Gasteiger partial charge in [-0.15, -0.1) is 0 Å². The quantitative estimate of drug-likeness (QED) is 0.109. The molecule has 7 heterocycles. The van der Waals surface area contributed by atoms with E-state index < -0.39 is 17.9 Å². The number of nitrogens with zero attached hydrogens (tertiary/aromatic N) is 6.